The lowest BCUT2D eigenvalue weighted by atomic mass is 10.0. The molecule has 4 atom stereocenters. The summed E-state index contributed by atoms with van der Waals surface area (Å²) < 4.78 is 15.2. The molecule has 0 bridgehead atoms. The van der Waals surface area contributed by atoms with Crippen molar-refractivity contribution in [1.82, 2.24) is 0 Å². The average molecular weight is 256 g/mol. The van der Waals surface area contributed by atoms with Crippen molar-refractivity contribution in [3.8, 4) is 0 Å². The molecule has 1 fully saturated rings. The third kappa shape index (κ3) is 3.25. The van der Waals surface area contributed by atoms with Crippen LogP contribution in [0.3, 0.4) is 0 Å². The molecule has 1 heterocycles. The largest absolute Gasteiger partial charge is 0.461 e. The smallest absolute Gasteiger partial charge is 0.302 e. The highest BCUT2D eigenvalue weighted by molar-refractivity contribution is 5.66. The second-order valence-electron chi connectivity index (χ2n) is 3.48. The summed E-state index contributed by atoms with van der Waals surface area (Å²) in [5, 5.41) is 6.93. The van der Waals surface area contributed by atoms with E-state index in [2.05, 4.69) is 20.1 Å². The van der Waals surface area contributed by atoms with Gasteiger partial charge in [-0.3, -0.25) is 4.79 Å². The highest BCUT2D eigenvalue weighted by Gasteiger charge is 2.42. The van der Waals surface area contributed by atoms with Gasteiger partial charge >= 0.3 is 5.97 Å². The van der Waals surface area contributed by atoms with E-state index in [9.17, 15) is 4.79 Å². The van der Waals surface area contributed by atoms with Gasteiger partial charge in [-0.05, 0) is 11.1 Å². The van der Waals surface area contributed by atoms with Crippen LogP contribution >= 0.6 is 0 Å². The molecule has 0 aromatic rings. The van der Waals surface area contributed by atoms with Gasteiger partial charge in [0, 0.05) is 23.9 Å². The summed E-state index contributed by atoms with van der Waals surface area (Å²) in [7, 11) is 1.36. The number of ether oxygens (including phenoxy) is 3. The van der Waals surface area contributed by atoms with E-state index in [1.807, 2.05) is 0 Å². The van der Waals surface area contributed by atoms with Crippen LogP contribution in [0.5, 0.6) is 0 Å². The van der Waals surface area contributed by atoms with Crippen LogP contribution in [-0.4, -0.2) is 44.2 Å². The van der Waals surface area contributed by atoms with E-state index >= 15 is 0 Å². The summed E-state index contributed by atoms with van der Waals surface area (Å²) >= 11 is 0. The highest BCUT2D eigenvalue weighted by Crippen LogP contribution is 2.24. The van der Waals surface area contributed by atoms with Gasteiger partial charge in [-0.15, -0.1) is 0 Å². The number of methoxy groups -OCH3 is 1. The predicted octanol–water partition coefficient (Wildman–Crippen LogP) is 1.28. The monoisotopic (exact) mass is 256 g/mol. The minimum Gasteiger partial charge on any atom is -0.461 e. The molecule has 1 aliphatic heterocycles. The van der Waals surface area contributed by atoms with Gasteiger partial charge in [0.1, 0.15) is 12.1 Å². The van der Waals surface area contributed by atoms with E-state index < -0.39 is 30.4 Å². The zero-order chi connectivity index (χ0) is 13.5. The fraction of sp³-hybridized carbons (Fsp3) is 0.875. The van der Waals surface area contributed by atoms with E-state index in [4.69, 9.17) is 25.3 Å². The van der Waals surface area contributed by atoms with Crippen molar-refractivity contribution in [1.29, 1.82) is 0 Å². The first-order chi connectivity index (χ1) is 8.63. The molecule has 0 aromatic heterocycles. The van der Waals surface area contributed by atoms with Crippen LogP contribution in [-0.2, 0) is 19.0 Å². The zero-order valence-electron chi connectivity index (χ0n) is 9.83. The van der Waals surface area contributed by atoms with Crippen molar-refractivity contribution < 1.29 is 19.0 Å². The van der Waals surface area contributed by atoms with Gasteiger partial charge in [0.2, 0.25) is 0 Å². The predicted molar refractivity (Wildman–Crippen MR) is 58.2 cm³/mol. The Hall–Kier alpha value is -1.99. The number of nitrogens with zero attached hydrogens (tertiary/aromatic N) is 6. The number of carbonyl (C=O) groups is 1. The number of hydrogen-bond acceptors (Lipinski definition) is 6. The maximum atomic E-state index is 11.0. The Balaban J connectivity index is 3.02. The maximum absolute atomic E-state index is 11.0. The van der Waals surface area contributed by atoms with E-state index in [1.54, 1.807) is 0 Å². The minimum absolute atomic E-state index is 0.0119. The normalized spacial score (nSPS) is 30.8. The highest BCUT2D eigenvalue weighted by atomic mass is 16.7. The molecule has 0 unspecified atom stereocenters. The molecule has 0 saturated carbocycles. The SMILES string of the molecule is CO[C@@H]1OC[C@@H](N=[N+]=[N-])[C@@H](OC(C)=O)[C@H]1N=[N+]=[N-]. The van der Waals surface area contributed by atoms with Crippen LogP contribution in [0.25, 0.3) is 20.9 Å². The summed E-state index contributed by atoms with van der Waals surface area (Å²) in [5.74, 6) is -0.576. The minimum atomic E-state index is -0.909. The maximum Gasteiger partial charge on any atom is 0.302 e. The van der Waals surface area contributed by atoms with E-state index in [1.165, 1.54) is 14.0 Å². The molecular formula is C8H12N6O4. The van der Waals surface area contributed by atoms with Crippen LogP contribution < -0.4 is 0 Å². The molecular weight excluding hydrogens is 244 g/mol. The summed E-state index contributed by atoms with van der Waals surface area (Å²) in [5.41, 5.74) is 16.9. The van der Waals surface area contributed by atoms with Gasteiger partial charge < -0.3 is 14.2 Å². The van der Waals surface area contributed by atoms with Gasteiger partial charge in [-0.1, -0.05) is 10.2 Å². The Labute approximate surface area is 102 Å². The molecule has 1 aliphatic rings. The first-order valence-electron chi connectivity index (χ1n) is 5.04. The number of rotatable bonds is 4. The summed E-state index contributed by atoms with van der Waals surface area (Å²) in [6, 6.07) is -1.67. The van der Waals surface area contributed by atoms with Crippen LogP contribution in [0.4, 0.5) is 0 Å². The number of carbonyl (C=O) groups excluding carboxylic acids is 1. The molecule has 1 saturated heterocycles. The molecule has 10 nitrogen and oxygen atoms in total. The summed E-state index contributed by atoms with van der Waals surface area (Å²) in [4.78, 5) is 16.3. The molecule has 18 heavy (non-hydrogen) atoms. The Bertz CT molecular complexity index is 402. The van der Waals surface area contributed by atoms with Gasteiger partial charge in [-0.25, -0.2) is 0 Å². The molecule has 1 rings (SSSR count). The van der Waals surface area contributed by atoms with Crippen molar-refractivity contribution in [3.05, 3.63) is 20.9 Å². The topological polar surface area (TPSA) is 142 Å². The Kier molecular flexibility index (Phi) is 5.22. The van der Waals surface area contributed by atoms with Crippen LogP contribution in [0.1, 0.15) is 6.92 Å². The number of azide groups is 2. The lowest BCUT2D eigenvalue weighted by Gasteiger charge is -2.37. The van der Waals surface area contributed by atoms with Crippen molar-refractivity contribution >= 4 is 5.97 Å². The molecule has 0 amide bonds. The van der Waals surface area contributed by atoms with Crippen molar-refractivity contribution in [2.24, 2.45) is 10.2 Å². The quantitative estimate of drug-likeness (QED) is 0.323. The zero-order valence-corrected chi connectivity index (χ0v) is 9.83. The lowest BCUT2D eigenvalue weighted by molar-refractivity contribution is -0.199. The summed E-state index contributed by atoms with van der Waals surface area (Å²) in [6.45, 7) is 1.22. The van der Waals surface area contributed by atoms with Gasteiger partial charge in [0.25, 0.3) is 0 Å². The van der Waals surface area contributed by atoms with E-state index in [-0.39, 0.29) is 6.61 Å². The molecule has 10 heteroatoms. The van der Waals surface area contributed by atoms with Crippen LogP contribution in [0.2, 0.25) is 0 Å². The molecule has 0 radical (unpaired) electrons. The van der Waals surface area contributed by atoms with E-state index in [0.29, 0.717) is 0 Å². The fourth-order valence-corrected chi connectivity index (χ4v) is 1.66. The third-order valence-corrected chi connectivity index (χ3v) is 2.35. The van der Waals surface area contributed by atoms with Crippen LogP contribution in [0, 0.1) is 0 Å². The number of hydrogen-bond donors (Lipinski definition) is 0. The van der Waals surface area contributed by atoms with Crippen molar-refractivity contribution in [2.75, 3.05) is 13.7 Å². The Morgan fingerprint density at radius 2 is 2.06 bits per heavy atom. The van der Waals surface area contributed by atoms with Gasteiger partial charge in [-0.2, -0.15) is 0 Å². The van der Waals surface area contributed by atoms with E-state index in [0.717, 1.165) is 0 Å². The lowest BCUT2D eigenvalue weighted by Crippen LogP contribution is -2.53. The third-order valence-electron chi connectivity index (χ3n) is 2.35. The number of esters is 1. The van der Waals surface area contributed by atoms with Gasteiger partial charge in [0.05, 0.1) is 12.6 Å². The molecule has 0 aromatic carbocycles. The second-order valence-corrected chi connectivity index (χ2v) is 3.48. The van der Waals surface area contributed by atoms with Crippen molar-refractivity contribution in [3.63, 3.8) is 0 Å². The molecule has 0 spiro atoms. The second kappa shape index (κ2) is 6.67. The average Bonchev–Trinajstić information content (AvgIpc) is 2.33. The first kappa shape index (κ1) is 14.1. The molecule has 0 N–H and O–H groups in total. The summed E-state index contributed by atoms with van der Waals surface area (Å²) in [6.07, 6.45) is -1.76. The van der Waals surface area contributed by atoms with Gasteiger partial charge in [0.15, 0.2) is 6.29 Å². The van der Waals surface area contributed by atoms with Crippen LogP contribution in [0.15, 0.2) is 10.2 Å². The Morgan fingerprint density at radius 1 is 1.39 bits per heavy atom. The standard InChI is InChI=1S/C8H12N6O4/c1-4(15)18-7-5(11-13-9)3-17-8(16-2)6(7)12-14-10/h5-8H,3H2,1-2H3/t5-,6-,7-,8-/m1/s1. The first-order valence-corrected chi connectivity index (χ1v) is 5.04. The molecule has 0 aliphatic carbocycles. The van der Waals surface area contributed by atoms with Crippen molar-refractivity contribution in [2.45, 2.75) is 31.4 Å². The molecule has 98 valence electrons. The Morgan fingerprint density at radius 3 is 2.56 bits per heavy atom. The fourth-order valence-electron chi connectivity index (χ4n) is 1.66.